The largest absolute Gasteiger partial charge is 0.298 e. The van der Waals surface area contributed by atoms with Crippen LogP contribution in [0.5, 0.6) is 0 Å². The van der Waals surface area contributed by atoms with Crippen LogP contribution in [0.3, 0.4) is 0 Å². The number of aromatic nitrogens is 1. The molecule has 0 fully saturated rings. The van der Waals surface area contributed by atoms with Gasteiger partial charge in [0.1, 0.15) is 5.82 Å². The van der Waals surface area contributed by atoms with E-state index in [1.807, 2.05) is 0 Å². The molecule has 1 aromatic carbocycles. The van der Waals surface area contributed by atoms with E-state index in [-0.39, 0.29) is 0 Å². The third kappa shape index (κ3) is 2.09. The number of hydrogen-bond donors (Lipinski definition) is 0. The number of carbonyl (C=O) groups excluding carboxylic acids is 1. The number of benzene rings is 1. The van der Waals surface area contributed by atoms with Crippen molar-refractivity contribution >= 4 is 17.9 Å². The standard InChI is InChI=1S/C12H7ClFNO/c13-9-2-3-10(11(14)5-9)12-4-1-8(7-16)6-15-12/h1-7H. The van der Waals surface area contributed by atoms with Crippen LogP contribution in [0.15, 0.2) is 36.5 Å². The Hall–Kier alpha value is -1.74. The molecule has 2 nitrogen and oxygen atoms in total. The Kier molecular flexibility index (Phi) is 2.97. The number of rotatable bonds is 2. The maximum absolute atomic E-state index is 13.5. The molecular formula is C12H7ClFNO. The van der Waals surface area contributed by atoms with Gasteiger partial charge in [0.05, 0.1) is 5.69 Å². The summed E-state index contributed by atoms with van der Waals surface area (Å²) in [7, 11) is 0. The van der Waals surface area contributed by atoms with E-state index in [9.17, 15) is 9.18 Å². The highest BCUT2D eigenvalue weighted by atomic mass is 35.5. The summed E-state index contributed by atoms with van der Waals surface area (Å²) in [5.74, 6) is -0.432. The topological polar surface area (TPSA) is 30.0 Å². The summed E-state index contributed by atoms with van der Waals surface area (Å²) >= 11 is 5.65. The molecule has 0 aliphatic heterocycles. The summed E-state index contributed by atoms with van der Waals surface area (Å²) in [5.41, 5.74) is 1.29. The van der Waals surface area contributed by atoms with Crippen molar-refractivity contribution in [2.24, 2.45) is 0 Å². The normalized spacial score (nSPS) is 10.1. The quantitative estimate of drug-likeness (QED) is 0.747. The van der Waals surface area contributed by atoms with Gasteiger partial charge >= 0.3 is 0 Å². The summed E-state index contributed by atoms with van der Waals surface area (Å²) in [6.45, 7) is 0. The van der Waals surface area contributed by atoms with Crippen LogP contribution in [0, 0.1) is 5.82 Å². The van der Waals surface area contributed by atoms with Gasteiger partial charge in [0.25, 0.3) is 0 Å². The van der Waals surface area contributed by atoms with Crippen molar-refractivity contribution in [2.45, 2.75) is 0 Å². The van der Waals surface area contributed by atoms with Gasteiger partial charge in [-0.15, -0.1) is 0 Å². The Bertz CT molecular complexity index is 525. The van der Waals surface area contributed by atoms with Crippen molar-refractivity contribution in [3.05, 3.63) is 52.9 Å². The Balaban J connectivity index is 2.46. The van der Waals surface area contributed by atoms with Crippen LogP contribution in [-0.4, -0.2) is 11.3 Å². The highest BCUT2D eigenvalue weighted by Crippen LogP contribution is 2.23. The minimum absolute atomic E-state index is 0.339. The molecule has 2 rings (SSSR count). The zero-order valence-electron chi connectivity index (χ0n) is 8.15. The monoisotopic (exact) mass is 235 g/mol. The Morgan fingerprint density at radius 3 is 2.62 bits per heavy atom. The zero-order chi connectivity index (χ0) is 11.5. The average Bonchev–Trinajstić information content (AvgIpc) is 2.29. The third-order valence-corrected chi connectivity index (χ3v) is 2.36. The van der Waals surface area contributed by atoms with E-state index in [1.54, 1.807) is 24.3 Å². The van der Waals surface area contributed by atoms with Crippen LogP contribution in [0.2, 0.25) is 5.02 Å². The van der Waals surface area contributed by atoms with Gasteiger partial charge in [-0.1, -0.05) is 11.6 Å². The van der Waals surface area contributed by atoms with E-state index < -0.39 is 5.82 Å². The summed E-state index contributed by atoms with van der Waals surface area (Å²) < 4.78 is 13.5. The molecule has 0 radical (unpaired) electrons. The fraction of sp³-hybridized carbons (Fsp3) is 0. The molecule has 0 atom stereocenters. The minimum Gasteiger partial charge on any atom is -0.298 e. The number of carbonyl (C=O) groups is 1. The van der Waals surface area contributed by atoms with Crippen molar-refractivity contribution in [3.63, 3.8) is 0 Å². The summed E-state index contributed by atoms with van der Waals surface area (Å²) in [4.78, 5) is 14.4. The second kappa shape index (κ2) is 4.41. The second-order valence-corrected chi connectivity index (χ2v) is 3.66. The molecule has 16 heavy (non-hydrogen) atoms. The number of hydrogen-bond acceptors (Lipinski definition) is 2. The van der Waals surface area contributed by atoms with E-state index >= 15 is 0 Å². The van der Waals surface area contributed by atoms with Gasteiger partial charge in [0.2, 0.25) is 0 Å². The van der Waals surface area contributed by atoms with Gasteiger partial charge in [-0.3, -0.25) is 9.78 Å². The van der Waals surface area contributed by atoms with Crippen LogP contribution in [0.25, 0.3) is 11.3 Å². The lowest BCUT2D eigenvalue weighted by Gasteiger charge is -2.02. The Morgan fingerprint density at radius 1 is 1.25 bits per heavy atom. The second-order valence-electron chi connectivity index (χ2n) is 3.22. The molecule has 0 saturated carbocycles. The van der Waals surface area contributed by atoms with Crippen LogP contribution < -0.4 is 0 Å². The van der Waals surface area contributed by atoms with E-state index in [2.05, 4.69) is 4.98 Å². The van der Waals surface area contributed by atoms with E-state index in [0.29, 0.717) is 28.1 Å². The van der Waals surface area contributed by atoms with Crippen LogP contribution in [0.4, 0.5) is 4.39 Å². The summed E-state index contributed by atoms with van der Waals surface area (Å²) in [5, 5.41) is 0.339. The lowest BCUT2D eigenvalue weighted by Crippen LogP contribution is -1.89. The van der Waals surface area contributed by atoms with E-state index in [0.717, 1.165) is 0 Å². The first-order valence-electron chi connectivity index (χ1n) is 4.57. The van der Waals surface area contributed by atoms with Crippen molar-refractivity contribution < 1.29 is 9.18 Å². The molecule has 0 N–H and O–H groups in total. The van der Waals surface area contributed by atoms with E-state index in [1.165, 1.54) is 12.3 Å². The van der Waals surface area contributed by atoms with E-state index in [4.69, 9.17) is 11.6 Å². The summed E-state index contributed by atoms with van der Waals surface area (Å²) in [6, 6.07) is 7.56. The van der Waals surface area contributed by atoms with Crippen molar-refractivity contribution in [2.75, 3.05) is 0 Å². The van der Waals surface area contributed by atoms with Gasteiger partial charge < -0.3 is 0 Å². The van der Waals surface area contributed by atoms with Crippen LogP contribution >= 0.6 is 11.6 Å². The van der Waals surface area contributed by atoms with Crippen molar-refractivity contribution in [3.8, 4) is 11.3 Å². The van der Waals surface area contributed by atoms with Crippen LogP contribution in [0.1, 0.15) is 10.4 Å². The molecule has 0 unspecified atom stereocenters. The molecule has 2 aromatic rings. The molecule has 0 bridgehead atoms. The van der Waals surface area contributed by atoms with Gasteiger partial charge in [-0.05, 0) is 30.3 Å². The smallest absolute Gasteiger partial charge is 0.151 e. The first kappa shape index (κ1) is 10.8. The number of aldehydes is 1. The molecule has 0 aliphatic rings. The minimum atomic E-state index is -0.432. The van der Waals surface area contributed by atoms with Gasteiger partial charge in [-0.25, -0.2) is 4.39 Å². The number of halogens is 2. The molecule has 1 heterocycles. The SMILES string of the molecule is O=Cc1ccc(-c2ccc(Cl)cc2F)nc1. The highest BCUT2D eigenvalue weighted by molar-refractivity contribution is 6.30. The molecule has 80 valence electrons. The molecule has 0 amide bonds. The summed E-state index contributed by atoms with van der Waals surface area (Å²) in [6.07, 6.45) is 2.09. The number of pyridine rings is 1. The Labute approximate surface area is 96.7 Å². The lowest BCUT2D eigenvalue weighted by molar-refractivity contribution is 0.112. The maximum Gasteiger partial charge on any atom is 0.151 e. The highest BCUT2D eigenvalue weighted by Gasteiger charge is 2.06. The first-order valence-corrected chi connectivity index (χ1v) is 4.95. The fourth-order valence-electron chi connectivity index (χ4n) is 1.33. The molecular weight excluding hydrogens is 229 g/mol. The molecule has 0 spiro atoms. The van der Waals surface area contributed by atoms with Gasteiger partial charge in [0, 0.05) is 22.3 Å². The molecule has 1 aromatic heterocycles. The molecule has 0 saturated heterocycles. The first-order chi connectivity index (χ1) is 7.70. The Morgan fingerprint density at radius 2 is 2.06 bits per heavy atom. The fourth-order valence-corrected chi connectivity index (χ4v) is 1.49. The lowest BCUT2D eigenvalue weighted by atomic mass is 10.1. The average molecular weight is 236 g/mol. The molecule has 4 heteroatoms. The van der Waals surface area contributed by atoms with Crippen LogP contribution in [-0.2, 0) is 0 Å². The van der Waals surface area contributed by atoms with Gasteiger partial charge in [0.15, 0.2) is 6.29 Å². The van der Waals surface area contributed by atoms with Crippen molar-refractivity contribution in [1.82, 2.24) is 4.98 Å². The third-order valence-electron chi connectivity index (χ3n) is 2.13. The zero-order valence-corrected chi connectivity index (χ0v) is 8.91. The maximum atomic E-state index is 13.5. The predicted octanol–water partition coefficient (Wildman–Crippen LogP) is 3.35. The van der Waals surface area contributed by atoms with Crippen molar-refractivity contribution in [1.29, 1.82) is 0 Å². The molecule has 0 aliphatic carbocycles. The predicted molar refractivity (Wildman–Crippen MR) is 60.0 cm³/mol. The van der Waals surface area contributed by atoms with Gasteiger partial charge in [-0.2, -0.15) is 0 Å². The number of nitrogens with zero attached hydrogens (tertiary/aromatic N) is 1.